The lowest BCUT2D eigenvalue weighted by Gasteiger charge is -2.01. The molecule has 3 aromatic rings. The van der Waals surface area contributed by atoms with Gasteiger partial charge in [0.1, 0.15) is 11.3 Å². The largest absolute Gasteiger partial charge is 0.459 e. The number of benzene rings is 2. The van der Waals surface area contributed by atoms with Gasteiger partial charge in [-0.3, -0.25) is 0 Å². The van der Waals surface area contributed by atoms with Gasteiger partial charge in [-0.15, -0.1) is 0 Å². The van der Waals surface area contributed by atoms with Crippen molar-refractivity contribution in [1.29, 1.82) is 0 Å². The van der Waals surface area contributed by atoms with Gasteiger partial charge < -0.3 is 9.73 Å². The molecule has 0 unspecified atom stereocenters. The van der Waals surface area contributed by atoms with Gasteiger partial charge in [-0.1, -0.05) is 36.4 Å². The van der Waals surface area contributed by atoms with Gasteiger partial charge in [-0.05, 0) is 48.6 Å². The second kappa shape index (κ2) is 5.05. The molecule has 0 saturated heterocycles. The lowest BCUT2D eigenvalue weighted by Crippen LogP contribution is -2.15. The normalized spacial score (nSPS) is 14.7. The van der Waals surface area contributed by atoms with E-state index < -0.39 is 0 Å². The Kier molecular flexibility index (Phi) is 3.04. The SMILES string of the molecule is Cc1c(CNC2CC2)oc2ccc(-c3ccccc3)cc12. The Bertz CT molecular complexity index is 769. The second-order valence-electron chi connectivity index (χ2n) is 5.88. The van der Waals surface area contributed by atoms with E-state index in [1.807, 2.05) is 6.07 Å². The van der Waals surface area contributed by atoms with E-state index in [1.165, 1.54) is 34.9 Å². The number of furan rings is 1. The summed E-state index contributed by atoms with van der Waals surface area (Å²) in [6.45, 7) is 3.00. The zero-order valence-electron chi connectivity index (χ0n) is 12.2. The molecule has 0 amide bonds. The lowest BCUT2D eigenvalue weighted by atomic mass is 10.0. The second-order valence-corrected chi connectivity index (χ2v) is 5.88. The fourth-order valence-electron chi connectivity index (χ4n) is 2.77. The number of aryl methyl sites for hydroxylation is 1. The van der Waals surface area contributed by atoms with Crippen molar-refractivity contribution in [2.45, 2.75) is 32.4 Å². The van der Waals surface area contributed by atoms with E-state index in [2.05, 4.69) is 54.7 Å². The highest BCUT2D eigenvalue weighted by atomic mass is 16.3. The maximum absolute atomic E-state index is 6.01. The molecule has 2 nitrogen and oxygen atoms in total. The molecular formula is C19H19NO. The number of fused-ring (bicyclic) bond motifs is 1. The monoisotopic (exact) mass is 277 g/mol. The van der Waals surface area contributed by atoms with Crippen LogP contribution in [0.4, 0.5) is 0 Å². The Balaban J connectivity index is 1.71. The predicted octanol–water partition coefficient (Wildman–Crippen LogP) is 4.66. The smallest absolute Gasteiger partial charge is 0.134 e. The highest BCUT2D eigenvalue weighted by Gasteiger charge is 2.21. The first-order valence-electron chi connectivity index (χ1n) is 7.62. The van der Waals surface area contributed by atoms with E-state index in [0.29, 0.717) is 6.04 Å². The van der Waals surface area contributed by atoms with E-state index in [1.54, 1.807) is 0 Å². The summed E-state index contributed by atoms with van der Waals surface area (Å²) in [6.07, 6.45) is 2.61. The third-order valence-electron chi connectivity index (χ3n) is 4.27. The summed E-state index contributed by atoms with van der Waals surface area (Å²) in [6, 6.07) is 17.7. The van der Waals surface area contributed by atoms with Crippen LogP contribution in [0.3, 0.4) is 0 Å². The molecule has 4 rings (SSSR count). The first-order chi connectivity index (χ1) is 10.3. The molecule has 0 bridgehead atoms. The molecule has 0 spiro atoms. The van der Waals surface area contributed by atoms with Crippen molar-refractivity contribution in [2.75, 3.05) is 0 Å². The fraction of sp³-hybridized carbons (Fsp3) is 0.263. The van der Waals surface area contributed by atoms with Crippen LogP contribution in [-0.2, 0) is 6.54 Å². The van der Waals surface area contributed by atoms with Crippen molar-refractivity contribution in [3.05, 3.63) is 59.9 Å². The van der Waals surface area contributed by atoms with Crippen LogP contribution >= 0.6 is 0 Å². The number of hydrogen-bond donors (Lipinski definition) is 1. The van der Waals surface area contributed by atoms with E-state index >= 15 is 0 Å². The molecule has 0 radical (unpaired) electrons. The highest BCUT2D eigenvalue weighted by Crippen LogP contribution is 2.30. The van der Waals surface area contributed by atoms with Crippen LogP contribution in [-0.4, -0.2) is 6.04 Å². The van der Waals surface area contributed by atoms with Gasteiger partial charge in [0.25, 0.3) is 0 Å². The number of nitrogens with one attached hydrogen (secondary N) is 1. The van der Waals surface area contributed by atoms with Crippen LogP contribution in [0.2, 0.25) is 0 Å². The summed E-state index contributed by atoms with van der Waals surface area (Å²) >= 11 is 0. The van der Waals surface area contributed by atoms with Gasteiger partial charge in [0.2, 0.25) is 0 Å². The Morgan fingerprint density at radius 2 is 1.86 bits per heavy atom. The Morgan fingerprint density at radius 3 is 2.62 bits per heavy atom. The molecule has 1 aliphatic rings. The van der Waals surface area contributed by atoms with Crippen molar-refractivity contribution in [2.24, 2.45) is 0 Å². The standard InChI is InChI=1S/C19H19NO/c1-13-17-11-15(14-5-3-2-4-6-14)7-10-18(17)21-19(13)12-20-16-8-9-16/h2-7,10-11,16,20H,8-9,12H2,1H3. The van der Waals surface area contributed by atoms with Gasteiger partial charge in [0.15, 0.2) is 0 Å². The van der Waals surface area contributed by atoms with Crippen molar-refractivity contribution in [3.8, 4) is 11.1 Å². The highest BCUT2D eigenvalue weighted by molar-refractivity contribution is 5.87. The van der Waals surface area contributed by atoms with Crippen LogP contribution in [0.25, 0.3) is 22.1 Å². The lowest BCUT2D eigenvalue weighted by molar-refractivity contribution is 0.509. The zero-order chi connectivity index (χ0) is 14.2. The predicted molar refractivity (Wildman–Crippen MR) is 86.2 cm³/mol. The Labute approximate surface area is 124 Å². The molecule has 1 aromatic heterocycles. The van der Waals surface area contributed by atoms with Crippen LogP contribution in [0.1, 0.15) is 24.2 Å². The zero-order valence-corrected chi connectivity index (χ0v) is 12.2. The minimum absolute atomic E-state index is 0.706. The third-order valence-corrected chi connectivity index (χ3v) is 4.27. The van der Waals surface area contributed by atoms with Gasteiger partial charge >= 0.3 is 0 Å². The molecular weight excluding hydrogens is 258 g/mol. The summed E-state index contributed by atoms with van der Waals surface area (Å²) in [5, 5.41) is 4.75. The summed E-state index contributed by atoms with van der Waals surface area (Å²) < 4.78 is 6.01. The Morgan fingerprint density at radius 1 is 1.05 bits per heavy atom. The summed E-state index contributed by atoms with van der Waals surface area (Å²) in [5.41, 5.74) is 4.74. The first-order valence-corrected chi connectivity index (χ1v) is 7.62. The van der Waals surface area contributed by atoms with Crippen molar-refractivity contribution in [3.63, 3.8) is 0 Å². The summed E-state index contributed by atoms with van der Waals surface area (Å²) in [7, 11) is 0. The van der Waals surface area contributed by atoms with Gasteiger partial charge in [0.05, 0.1) is 6.54 Å². The molecule has 106 valence electrons. The maximum Gasteiger partial charge on any atom is 0.134 e. The molecule has 1 N–H and O–H groups in total. The van der Waals surface area contributed by atoms with Gasteiger partial charge in [0, 0.05) is 11.4 Å². The van der Waals surface area contributed by atoms with Crippen LogP contribution < -0.4 is 5.32 Å². The molecule has 2 heteroatoms. The number of rotatable bonds is 4. The molecule has 1 saturated carbocycles. The Hall–Kier alpha value is -2.06. The van der Waals surface area contributed by atoms with Gasteiger partial charge in [-0.25, -0.2) is 0 Å². The van der Waals surface area contributed by atoms with E-state index in [-0.39, 0.29) is 0 Å². The van der Waals surface area contributed by atoms with Gasteiger partial charge in [-0.2, -0.15) is 0 Å². The molecule has 0 aliphatic heterocycles. The molecule has 0 atom stereocenters. The first kappa shape index (κ1) is 12.7. The summed E-state index contributed by atoms with van der Waals surface area (Å²) in [5.74, 6) is 1.07. The average Bonchev–Trinajstić information content (AvgIpc) is 3.31. The van der Waals surface area contributed by atoms with Crippen LogP contribution in [0.15, 0.2) is 52.9 Å². The van der Waals surface area contributed by atoms with Crippen molar-refractivity contribution in [1.82, 2.24) is 5.32 Å². The maximum atomic E-state index is 6.01. The van der Waals surface area contributed by atoms with E-state index in [0.717, 1.165) is 17.9 Å². The van der Waals surface area contributed by atoms with Crippen molar-refractivity contribution < 1.29 is 4.42 Å². The number of hydrogen-bond acceptors (Lipinski definition) is 2. The summed E-state index contributed by atoms with van der Waals surface area (Å²) in [4.78, 5) is 0. The quantitative estimate of drug-likeness (QED) is 0.750. The minimum atomic E-state index is 0.706. The van der Waals surface area contributed by atoms with Crippen LogP contribution in [0, 0.1) is 6.92 Å². The minimum Gasteiger partial charge on any atom is -0.459 e. The topological polar surface area (TPSA) is 25.2 Å². The van der Waals surface area contributed by atoms with Crippen molar-refractivity contribution >= 4 is 11.0 Å². The van der Waals surface area contributed by atoms with E-state index in [9.17, 15) is 0 Å². The molecule has 1 heterocycles. The average molecular weight is 277 g/mol. The fourth-order valence-corrected chi connectivity index (χ4v) is 2.77. The van der Waals surface area contributed by atoms with Crippen LogP contribution in [0.5, 0.6) is 0 Å². The third kappa shape index (κ3) is 2.47. The molecule has 21 heavy (non-hydrogen) atoms. The van der Waals surface area contributed by atoms with E-state index in [4.69, 9.17) is 4.42 Å². The molecule has 1 aliphatic carbocycles. The molecule has 1 fully saturated rings. The molecule has 2 aromatic carbocycles.